The minimum Gasteiger partial charge on any atom is -0.397 e. The van der Waals surface area contributed by atoms with Crippen molar-refractivity contribution in [3.63, 3.8) is 0 Å². The van der Waals surface area contributed by atoms with Crippen LogP contribution in [0.2, 0.25) is 0 Å². The Kier molecular flexibility index (Phi) is 4.34. The molecule has 0 aromatic carbocycles. The van der Waals surface area contributed by atoms with E-state index in [0.717, 1.165) is 24.3 Å². The fourth-order valence-electron chi connectivity index (χ4n) is 1.25. The molecule has 0 spiro atoms. The third-order valence-electron chi connectivity index (χ3n) is 2.37. The van der Waals surface area contributed by atoms with Crippen LogP contribution in [0.25, 0.3) is 0 Å². The molecule has 1 saturated carbocycles. The molecule has 0 amide bonds. The lowest BCUT2D eigenvalue weighted by atomic mass is 9.89. The molecule has 0 aliphatic heterocycles. The van der Waals surface area contributed by atoms with Gasteiger partial charge in [-0.05, 0) is 45.6 Å². The van der Waals surface area contributed by atoms with E-state index in [4.69, 9.17) is 5.73 Å². The highest BCUT2D eigenvalue weighted by molar-refractivity contribution is 6.01. The quantitative estimate of drug-likeness (QED) is 0.420. The Morgan fingerprint density at radius 1 is 1.47 bits per heavy atom. The van der Waals surface area contributed by atoms with Crippen molar-refractivity contribution >= 4 is 12.1 Å². The Balaban J connectivity index is 2.48. The molecule has 1 fully saturated rings. The van der Waals surface area contributed by atoms with Crippen molar-refractivity contribution in [1.29, 1.82) is 0 Å². The summed E-state index contributed by atoms with van der Waals surface area (Å²) in [5.74, 6) is 0. The van der Waals surface area contributed by atoms with Crippen LogP contribution in [0, 0.1) is 0 Å². The summed E-state index contributed by atoms with van der Waals surface area (Å²) in [5.41, 5.74) is 11.9. The molecule has 84 valence electrons. The zero-order valence-corrected chi connectivity index (χ0v) is 9.75. The Labute approximate surface area is 91.3 Å². The van der Waals surface area contributed by atoms with Crippen molar-refractivity contribution in [3.8, 4) is 0 Å². The van der Waals surface area contributed by atoms with Gasteiger partial charge in [0, 0.05) is 6.04 Å². The van der Waals surface area contributed by atoms with Crippen LogP contribution in [-0.4, -0.2) is 18.1 Å². The van der Waals surface area contributed by atoms with Gasteiger partial charge in [-0.1, -0.05) is 0 Å². The molecular formula is C11H20N4. The van der Waals surface area contributed by atoms with E-state index in [0.29, 0.717) is 6.04 Å². The van der Waals surface area contributed by atoms with E-state index >= 15 is 0 Å². The Morgan fingerprint density at radius 2 is 2.13 bits per heavy atom. The van der Waals surface area contributed by atoms with E-state index in [2.05, 4.69) is 15.5 Å². The molecule has 0 aromatic heterocycles. The monoisotopic (exact) mass is 208 g/mol. The number of hydrogen-bond donors (Lipinski definition) is 2. The SMILES string of the molecule is CC(=N/C=N\NC(C)C)C(N)=C1CCC1. The molecule has 0 saturated heterocycles. The standard InChI is InChI=1S/C11H20N4/c1-8(2)15-14-7-13-9(3)11(12)10-5-4-6-10/h7-8,15H,4-6,12H2,1-3H3/b13-9?,14-7-. The van der Waals surface area contributed by atoms with Crippen molar-refractivity contribution in [2.75, 3.05) is 0 Å². The van der Waals surface area contributed by atoms with E-state index in [9.17, 15) is 0 Å². The summed E-state index contributed by atoms with van der Waals surface area (Å²) < 4.78 is 0. The number of nitrogens with two attached hydrogens (primary N) is 1. The number of hydrazone groups is 1. The number of hydrogen-bond acceptors (Lipinski definition) is 3. The highest BCUT2D eigenvalue weighted by Gasteiger charge is 2.13. The van der Waals surface area contributed by atoms with Crippen LogP contribution < -0.4 is 11.2 Å². The number of rotatable bonds is 4. The number of aliphatic imine (C=N–C) groups is 1. The number of allylic oxidation sites excluding steroid dienone is 2. The van der Waals surface area contributed by atoms with Crippen molar-refractivity contribution < 1.29 is 0 Å². The van der Waals surface area contributed by atoms with Gasteiger partial charge in [-0.3, -0.25) is 0 Å². The first-order valence-corrected chi connectivity index (χ1v) is 5.40. The van der Waals surface area contributed by atoms with Crippen molar-refractivity contribution in [2.45, 2.75) is 46.1 Å². The Hall–Kier alpha value is -1.32. The highest BCUT2D eigenvalue weighted by atomic mass is 15.3. The van der Waals surface area contributed by atoms with Crippen LogP contribution in [0.3, 0.4) is 0 Å². The molecule has 0 heterocycles. The van der Waals surface area contributed by atoms with Gasteiger partial charge < -0.3 is 11.2 Å². The maximum Gasteiger partial charge on any atom is 0.135 e. The normalized spacial score (nSPS) is 17.1. The van der Waals surface area contributed by atoms with Crippen molar-refractivity contribution in [3.05, 3.63) is 11.3 Å². The Morgan fingerprint density at radius 3 is 2.60 bits per heavy atom. The molecular weight excluding hydrogens is 188 g/mol. The second kappa shape index (κ2) is 5.53. The average Bonchev–Trinajstić information content (AvgIpc) is 2.08. The lowest BCUT2D eigenvalue weighted by Gasteiger charge is -2.19. The van der Waals surface area contributed by atoms with E-state index in [1.54, 1.807) is 0 Å². The Bertz CT molecular complexity index is 294. The molecule has 4 heteroatoms. The van der Waals surface area contributed by atoms with Gasteiger partial charge in [0.25, 0.3) is 0 Å². The number of nitrogens with zero attached hydrogens (tertiary/aromatic N) is 2. The second-order valence-electron chi connectivity index (χ2n) is 4.11. The summed E-state index contributed by atoms with van der Waals surface area (Å²) in [7, 11) is 0. The molecule has 0 bridgehead atoms. The van der Waals surface area contributed by atoms with Gasteiger partial charge in [-0.15, -0.1) is 0 Å². The van der Waals surface area contributed by atoms with Gasteiger partial charge in [-0.2, -0.15) is 5.10 Å². The van der Waals surface area contributed by atoms with Crippen molar-refractivity contribution in [2.24, 2.45) is 15.8 Å². The topological polar surface area (TPSA) is 62.8 Å². The average molecular weight is 208 g/mol. The van der Waals surface area contributed by atoms with E-state index < -0.39 is 0 Å². The third kappa shape index (κ3) is 3.73. The van der Waals surface area contributed by atoms with Crippen molar-refractivity contribution in [1.82, 2.24) is 5.43 Å². The predicted molar refractivity (Wildman–Crippen MR) is 64.9 cm³/mol. The first-order chi connectivity index (χ1) is 7.11. The molecule has 0 aromatic rings. The van der Waals surface area contributed by atoms with Gasteiger partial charge in [0.1, 0.15) is 6.34 Å². The highest BCUT2D eigenvalue weighted by Crippen LogP contribution is 2.27. The third-order valence-corrected chi connectivity index (χ3v) is 2.37. The fraction of sp³-hybridized carbons (Fsp3) is 0.636. The first kappa shape index (κ1) is 11.8. The molecule has 4 nitrogen and oxygen atoms in total. The summed E-state index contributed by atoms with van der Waals surface area (Å²) in [4.78, 5) is 4.18. The molecule has 3 N–H and O–H groups in total. The van der Waals surface area contributed by atoms with Gasteiger partial charge in [-0.25, -0.2) is 4.99 Å². The van der Waals surface area contributed by atoms with Gasteiger partial charge >= 0.3 is 0 Å². The van der Waals surface area contributed by atoms with Crippen LogP contribution in [0.4, 0.5) is 0 Å². The minimum atomic E-state index is 0.332. The summed E-state index contributed by atoms with van der Waals surface area (Å²) in [6.45, 7) is 5.97. The smallest absolute Gasteiger partial charge is 0.135 e. The van der Waals surface area contributed by atoms with Crippen LogP contribution >= 0.6 is 0 Å². The molecule has 0 unspecified atom stereocenters. The number of nitrogens with one attached hydrogen (secondary N) is 1. The molecule has 15 heavy (non-hydrogen) atoms. The first-order valence-electron chi connectivity index (χ1n) is 5.40. The summed E-state index contributed by atoms with van der Waals surface area (Å²) in [5, 5.41) is 3.96. The molecule has 1 rings (SSSR count). The van der Waals surface area contributed by atoms with Crippen LogP contribution in [0.15, 0.2) is 21.4 Å². The lowest BCUT2D eigenvalue weighted by molar-refractivity contribution is 0.622. The maximum atomic E-state index is 5.93. The van der Waals surface area contributed by atoms with Gasteiger partial charge in [0.05, 0.1) is 11.4 Å². The van der Waals surface area contributed by atoms with Crippen LogP contribution in [0.1, 0.15) is 40.0 Å². The van der Waals surface area contributed by atoms with Crippen LogP contribution in [-0.2, 0) is 0 Å². The summed E-state index contributed by atoms with van der Waals surface area (Å²) in [6.07, 6.45) is 5.02. The zero-order valence-electron chi connectivity index (χ0n) is 9.75. The fourth-order valence-corrected chi connectivity index (χ4v) is 1.25. The zero-order chi connectivity index (χ0) is 11.3. The molecule has 1 aliphatic rings. The maximum absolute atomic E-state index is 5.93. The summed E-state index contributed by atoms with van der Waals surface area (Å²) >= 11 is 0. The van der Waals surface area contributed by atoms with E-state index in [1.807, 2.05) is 20.8 Å². The minimum absolute atomic E-state index is 0.332. The molecule has 1 aliphatic carbocycles. The second-order valence-corrected chi connectivity index (χ2v) is 4.11. The molecule has 0 radical (unpaired) electrons. The van der Waals surface area contributed by atoms with Gasteiger partial charge in [0.15, 0.2) is 0 Å². The predicted octanol–water partition coefficient (Wildman–Crippen LogP) is 1.79. The largest absolute Gasteiger partial charge is 0.397 e. The van der Waals surface area contributed by atoms with Gasteiger partial charge in [0.2, 0.25) is 0 Å². The van der Waals surface area contributed by atoms with Crippen LogP contribution in [0.5, 0.6) is 0 Å². The van der Waals surface area contributed by atoms with E-state index in [-0.39, 0.29) is 0 Å². The summed E-state index contributed by atoms with van der Waals surface area (Å²) in [6, 6.07) is 0.332. The van der Waals surface area contributed by atoms with E-state index in [1.165, 1.54) is 18.3 Å². The lowest BCUT2D eigenvalue weighted by Crippen LogP contribution is -2.17. The molecule has 0 atom stereocenters.